The Kier molecular flexibility index (Phi) is 25.5. The van der Waals surface area contributed by atoms with Gasteiger partial charge in [0.1, 0.15) is 42.0 Å². The number of hydrogen-bond acceptors (Lipinski definition) is 13. The summed E-state index contributed by atoms with van der Waals surface area (Å²) in [7, 11) is 1.40. The van der Waals surface area contributed by atoms with Crippen LogP contribution in [0.25, 0.3) is 0 Å². The van der Waals surface area contributed by atoms with Crippen LogP contribution in [0.2, 0.25) is 0 Å². The zero-order valence-corrected chi connectivity index (χ0v) is 44.5. The Morgan fingerprint density at radius 1 is 0.877 bits per heavy atom. The molecule has 1 aromatic carbocycles. The number of guanidine groups is 2. The summed E-state index contributed by atoms with van der Waals surface area (Å²) in [4.78, 5) is 127. The van der Waals surface area contributed by atoms with Crippen molar-refractivity contribution in [3.05, 3.63) is 48.0 Å². The average Bonchev–Trinajstić information content (AvgIpc) is 4.01. The second-order valence-electron chi connectivity index (χ2n) is 19.4. The first-order valence-electron chi connectivity index (χ1n) is 23.9. The smallest absolute Gasteiger partial charge is 0.326 e. The molecule has 26 heteroatoms. The van der Waals surface area contributed by atoms with Crippen LogP contribution in [0.15, 0.2) is 46.8 Å². The molecular weight excluding hydrogens is 1030 g/mol. The predicted octanol–water partition coefficient (Wildman–Crippen LogP) is -1.56. The summed E-state index contributed by atoms with van der Waals surface area (Å²) in [6.07, 6.45) is 4.01. The van der Waals surface area contributed by atoms with Gasteiger partial charge in [-0.3, -0.25) is 48.9 Å². The van der Waals surface area contributed by atoms with Gasteiger partial charge in [-0.2, -0.15) is 0 Å². The number of nitrogens with one attached hydrogen (secondary N) is 6. The standard InChI is InChI=1S/C47H75N15O10.Tc/c1-26(2)21-34(44(71)72)59-41(68)37(47(4,5)6)60-39(66)33(22-28-14-16-30(64)17-15-28)58-40(67)35-13-10-20-62(35)43(70)36(12-9-18-53-45(49)50)61(7)42(69)32(11-8-19-54-46(51)56-27(3)63)57-38(65)31(48)23-29-24-52-25-55-29;/h14-17,24-26,31-37,64H,8-13,18-23,48H2,1-7H3,(H,52,55)(H,57,65)(H,58,67)(H,59,68)(H,60,66)(H,71,72)(H4,49,50,53)(H3,51,54,56,63);/t31-,32-,33-,34-,35-,36-,37+;/m0./s1. The predicted molar refractivity (Wildman–Crippen MR) is 267 cm³/mol. The minimum atomic E-state index is -1.34. The van der Waals surface area contributed by atoms with Crippen molar-refractivity contribution in [2.24, 2.45) is 44.3 Å². The van der Waals surface area contributed by atoms with Crippen molar-refractivity contribution in [3.8, 4) is 5.75 Å². The van der Waals surface area contributed by atoms with Crippen molar-refractivity contribution in [2.45, 2.75) is 142 Å². The van der Waals surface area contributed by atoms with Gasteiger partial charge in [0, 0.05) is 78.4 Å². The van der Waals surface area contributed by atoms with E-state index in [0.29, 0.717) is 17.7 Å². The van der Waals surface area contributed by atoms with Gasteiger partial charge in [-0.05, 0) is 74.0 Å². The van der Waals surface area contributed by atoms with Crippen molar-refractivity contribution in [1.29, 1.82) is 0 Å². The van der Waals surface area contributed by atoms with Gasteiger partial charge < -0.3 is 69.2 Å². The molecule has 0 bridgehead atoms. The number of hydrogen-bond donors (Lipinski definition) is 12. The molecule has 25 nitrogen and oxygen atoms in total. The molecule has 0 spiro atoms. The molecule has 7 amide bonds. The van der Waals surface area contributed by atoms with E-state index in [-0.39, 0.29) is 115 Å². The molecule has 1 aliphatic rings. The van der Waals surface area contributed by atoms with Gasteiger partial charge in [0.25, 0.3) is 0 Å². The number of likely N-dealkylation sites (N-methyl/N-ethyl adjacent to an activating group) is 1. The zero-order chi connectivity index (χ0) is 53.9. The molecule has 1 aliphatic heterocycles. The second kappa shape index (κ2) is 29.8. The first-order valence-corrected chi connectivity index (χ1v) is 23.9. The maximum absolute atomic E-state index is 14.9. The first kappa shape index (κ1) is 62.5. The van der Waals surface area contributed by atoms with Gasteiger partial charge in [-0.25, -0.2) is 9.78 Å². The van der Waals surface area contributed by atoms with E-state index in [9.17, 15) is 48.6 Å². The molecule has 73 heavy (non-hydrogen) atoms. The van der Waals surface area contributed by atoms with Crippen LogP contribution in [-0.4, -0.2) is 158 Å². The maximum atomic E-state index is 14.9. The minimum absolute atomic E-state index is 0. The van der Waals surface area contributed by atoms with Crippen LogP contribution in [0.3, 0.4) is 0 Å². The number of aliphatic carboxylic acids is 1. The number of likely N-dealkylation sites (tertiary alicyclic amines) is 1. The summed E-state index contributed by atoms with van der Waals surface area (Å²) in [5.74, 6) is -6.28. The van der Waals surface area contributed by atoms with E-state index >= 15 is 0 Å². The average molecular weight is 1110 g/mol. The number of nitrogens with two attached hydrogens (primary N) is 4. The molecule has 3 rings (SSSR count). The van der Waals surface area contributed by atoms with Crippen LogP contribution in [0.1, 0.15) is 97.7 Å². The largest absolute Gasteiger partial charge is 0.508 e. The van der Waals surface area contributed by atoms with E-state index in [1.54, 1.807) is 32.9 Å². The van der Waals surface area contributed by atoms with E-state index in [1.807, 2.05) is 13.8 Å². The van der Waals surface area contributed by atoms with Crippen molar-refractivity contribution >= 4 is 59.2 Å². The number of imidazole rings is 1. The van der Waals surface area contributed by atoms with Crippen LogP contribution in [-0.2, 0) is 71.3 Å². The minimum Gasteiger partial charge on any atom is -0.508 e. The Bertz CT molecular complexity index is 2230. The maximum Gasteiger partial charge on any atom is 0.326 e. The molecule has 1 radical (unpaired) electrons. The topological polar surface area (TPSA) is 401 Å². The number of aliphatic imine (C=N–C) groups is 2. The summed E-state index contributed by atoms with van der Waals surface area (Å²) in [6, 6.07) is -2.59. The summed E-state index contributed by atoms with van der Waals surface area (Å²) in [5, 5.41) is 33.0. The number of aromatic amines is 1. The third-order valence-electron chi connectivity index (χ3n) is 11.8. The van der Waals surface area contributed by atoms with Crippen LogP contribution >= 0.6 is 0 Å². The second-order valence-corrected chi connectivity index (χ2v) is 19.4. The molecule has 16 N–H and O–H groups in total. The monoisotopic (exact) mass is 1110 g/mol. The number of carbonyl (C=O) groups excluding carboxylic acids is 7. The number of aromatic hydroxyl groups is 1. The first-order chi connectivity index (χ1) is 33.8. The molecule has 1 aromatic heterocycles. The third-order valence-corrected chi connectivity index (χ3v) is 11.8. The molecular formula is C47H75N15O10Tc. The number of amides is 7. The Morgan fingerprint density at radius 2 is 1.51 bits per heavy atom. The number of phenols is 1. The molecule has 1 fully saturated rings. The number of carboxylic acids is 1. The van der Waals surface area contributed by atoms with E-state index in [1.165, 1.54) is 48.4 Å². The van der Waals surface area contributed by atoms with Gasteiger partial charge in [0.2, 0.25) is 41.4 Å². The molecule has 1 saturated heterocycles. The number of phenolic OH excluding ortho intramolecular Hbond substituents is 1. The summed E-state index contributed by atoms with van der Waals surface area (Å²) in [6.45, 7) is 10.2. The van der Waals surface area contributed by atoms with Gasteiger partial charge in [0.15, 0.2) is 11.9 Å². The third kappa shape index (κ3) is 20.8. The van der Waals surface area contributed by atoms with Gasteiger partial charge >= 0.3 is 5.97 Å². The fraction of sp³-hybridized carbons (Fsp3) is 0.596. The number of carbonyl (C=O) groups is 8. The number of H-pyrrole nitrogens is 1. The van der Waals surface area contributed by atoms with Crippen molar-refractivity contribution in [2.75, 3.05) is 26.7 Å². The number of benzene rings is 1. The van der Waals surface area contributed by atoms with Crippen molar-refractivity contribution in [1.82, 2.24) is 46.4 Å². The van der Waals surface area contributed by atoms with E-state index in [0.717, 1.165) is 0 Å². The van der Waals surface area contributed by atoms with Gasteiger partial charge in [-0.1, -0.05) is 46.8 Å². The van der Waals surface area contributed by atoms with Gasteiger partial charge in [-0.15, -0.1) is 0 Å². The van der Waals surface area contributed by atoms with E-state index in [2.05, 4.69) is 46.5 Å². The number of nitrogens with zero attached hydrogens (tertiary/aromatic N) is 5. The molecule has 7 atom stereocenters. The van der Waals surface area contributed by atoms with Crippen molar-refractivity contribution in [3.63, 3.8) is 0 Å². The number of rotatable bonds is 26. The molecule has 0 aliphatic carbocycles. The summed E-state index contributed by atoms with van der Waals surface area (Å²) >= 11 is 0. The molecule has 0 unspecified atom stereocenters. The molecule has 2 aromatic rings. The molecule has 0 saturated carbocycles. The SMILES string of the molecule is CC(=O)NC(N)=NCCC[C@H](NC(=O)[C@@H](N)Cc1cnc[nH]1)C(=O)N(C)[C@@H](CCCN=C(N)N)C(=O)N1CCC[C@H]1C(=O)N[C@@H](Cc1ccc(O)cc1)C(=O)N[C@H](C(=O)N[C@@H](CC(C)C)C(=O)O)C(C)(C)C.[Tc]. The van der Waals surface area contributed by atoms with E-state index in [4.69, 9.17) is 22.9 Å². The summed E-state index contributed by atoms with van der Waals surface area (Å²) in [5.41, 5.74) is 23.3. The number of aromatic nitrogens is 2. The Balaban J connectivity index is 0.0000183. The normalized spacial score (nSPS) is 16.0. The Labute approximate surface area is 439 Å². The van der Waals surface area contributed by atoms with Crippen LogP contribution in [0.5, 0.6) is 5.75 Å². The molecule has 2 heterocycles. The molecule has 405 valence electrons. The zero-order valence-electron chi connectivity index (χ0n) is 42.7. The fourth-order valence-corrected chi connectivity index (χ4v) is 8.06. The van der Waals surface area contributed by atoms with Crippen molar-refractivity contribution < 1.29 is 68.7 Å². The fourth-order valence-electron chi connectivity index (χ4n) is 8.06. The number of carboxylic acid groups (broad SMARTS) is 1. The van der Waals surface area contributed by atoms with E-state index < -0.39 is 95.0 Å². The quantitative estimate of drug-likeness (QED) is 0.0288. The Morgan fingerprint density at radius 3 is 2.08 bits per heavy atom. The van der Waals surface area contributed by atoms with Crippen LogP contribution in [0, 0.1) is 11.3 Å². The van der Waals surface area contributed by atoms with Crippen LogP contribution in [0.4, 0.5) is 0 Å². The van der Waals surface area contributed by atoms with Crippen LogP contribution < -0.4 is 49.5 Å². The summed E-state index contributed by atoms with van der Waals surface area (Å²) < 4.78 is 0. The Hall–Kier alpha value is -6.66. The van der Waals surface area contributed by atoms with Gasteiger partial charge in [0.05, 0.1) is 12.4 Å².